The second kappa shape index (κ2) is 4.24. The molecule has 0 aliphatic heterocycles. The number of benzene rings is 1. The Morgan fingerprint density at radius 1 is 1.13 bits per heavy atom. The largest absolute Gasteiger partial charge is 0.248 e. The van der Waals surface area contributed by atoms with Gasteiger partial charge in [-0.05, 0) is 27.6 Å². The van der Waals surface area contributed by atoms with Gasteiger partial charge in [-0.15, -0.1) is 0 Å². The van der Waals surface area contributed by atoms with E-state index in [9.17, 15) is 0 Å². The molecule has 0 fully saturated rings. The van der Waals surface area contributed by atoms with Crippen LogP contribution in [0.5, 0.6) is 0 Å². The van der Waals surface area contributed by atoms with Crippen LogP contribution in [-0.4, -0.2) is 4.98 Å². The highest BCUT2D eigenvalue weighted by atomic mass is 79.9. The Kier molecular flexibility index (Phi) is 2.79. The van der Waals surface area contributed by atoms with Gasteiger partial charge in [-0.25, -0.2) is 4.98 Å². The Hall–Kier alpha value is -1.66. The van der Waals surface area contributed by atoms with Crippen LogP contribution in [-0.2, 0) is 0 Å². The molecule has 0 aliphatic carbocycles. The smallest absolute Gasteiger partial charge is 0.124 e. The monoisotopic (exact) mass is 258 g/mol. The summed E-state index contributed by atoms with van der Waals surface area (Å²) in [5, 5.41) is 9.04. The van der Waals surface area contributed by atoms with Gasteiger partial charge in [-0.1, -0.05) is 30.3 Å². The molecule has 0 amide bonds. The summed E-state index contributed by atoms with van der Waals surface area (Å²) in [5.74, 6) is 0. The molecule has 2 nitrogen and oxygen atoms in total. The third-order valence-corrected chi connectivity index (χ3v) is 2.70. The van der Waals surface area contributed by atoms with Gasteiger partial charge in [-0.2, -0.15) is 5.26 Å². The molecule has 0 unspecified atom stereocenters. The molecule has 0 radical (unpaired) electrons. The summed E-state index contributed by atoms with van der Waals surface area (Å²) in [6.45, 7) is 0. The van der Waals surface area contributed by atoms with E-state index in [1.54, 1.807) is 6.20 Å². The molecule has 3 heteroatoms. The van der Waals surface area contributed by atoms with Crippen LogP contribution >= 0.6 is 15.9 Å². The van der Waals surface area contributed by atoms with Crippen LogP contribution in [0.4, 0.5) is 0 Å². The van der Waals surface area contributed by atoms with Crippen LogP contribution in [0.25, 0.3) is 11.1 Å². The van der Waals surface area contributed by atoms with Crippen molar-refractivity contribution in [3.8, 4) is 17.2 Å². The number of nitrogens with zero attached hydrogens (tertiary/aromatic N) is 2. The Morgan fingerprint density at radius 3 is 2.53 bits per heavy atom. The molecule has 0 atom stereocenters. The van der Waals surface area contributed by atoms with E-state index >= 15 is 0 Å². The maximum absolute atomic E-state index is 9.04. The maximum atomic E-state index is 9.04. The van der Waals surface area contributed by atoms with Crippen molar-refractivity contribution in [3.05, 3.63) is 52.8 Å². The standard InChI is InChI=1S/C12H7BrN2/c13-12-11(8-14)10(6-7-15-12)9-4-2-1-3-5-9/h1-7H. The van der Waals surface area contributed by atoms with E-state index in [0.29, 0.717) is 10.2 Å². The quantitative estimate of drug-likeness (QED) is 0.736. The maximum Gasteiger partial charge on any atom is 0.124 e. The van der Waals surface area contributed by atoms with Gasteiger partial charge in [0.2, 0.25) is 0 Å². The molecule has 0 spiro atoms. The molecular weight excluding hydrogens is 252 g/mol. The van der Waals surface area contributed by atoms with Crippen molar-refractivity contribution >= 4 is 15.9 Å². The first-order valence-electron chi connectivity index (χ1n) is 4.43. The van der Waals surface area contributed by atoms with Crippen molar-refractivity contribution in [1.29, 1.82) is 5.26 Å². The highest BCUT2D eigenvalue weighted by Crippen LogP contribution is 2.26. The van der Waals surface area contributed by atoms with E-state index in [-0.39, 0.29) is 0 Å². The van der Waals surface area contributed by atoms with Gasteiger partial charge in [0.25, 0.3) is 0 Å². The van der Waals surface area contributed by atoms with Gasteiger partial charge in [0, 0.05) is 11.8 Å². The van der Waals surface area contributed by atoms with Crippen LogP contribution in [0, 0.1) is 11.3 Å². The number of pyridine rings is 1. The van der Waals surface area contributed by atoms with Crippen LogP contribution in [0.3, 0.4) is 0 Å². The fourth-order valence-corrected chi connectivity index (χ4v) is 1.82. The molecule has 0 aliphatic rings. The molecule has 0 bridgehead atoms. The first-order chi connectivity index (χ1) is 7.33. The van der Waals surface area contributed by atoms with Crippen molar-refractivity contribution in [2.75, 3.05) is 0 Å². The third kappa shape index (κ3) is 1.90. The first-order valence-corrected chi connectivity index (χ1v) is 5.22. The predicted molar refractivity (Wildman–Crippen MR) is 62.1 cm³/mol. The molecule has 0 saturated carbocycles. The number of hydrogen-bond donors (Lipinski definition) is 0. The zero-order chi connectivity index (χ0) is 10.7. The fraction of sp³-hybridized carbons (Fsp3) is 0. The summed E-state index contributed by atoms with van der Waals surface area (Å²) in [7, 11) is 0. The van der Waals surface area contributed by atoms with E-state index < -0.39 is 0 Å². The van der Waals surface area contributed by atoms with E-state index in [4.69, 9.17) is 5.26 Å². The van der Waals surface area contributed by atoms with Gasteiger partial charge in [0.15, 0.2) is 0 Å². The van der Waals surface area contributed by atoms with E-state index in [1.165, 1.54) is 0 Å². The van der Waals surface area contributed by atoms with E-state index in [0.717, 1.165) is 11.1 Å². The van der Waals surface area contributed by atoms with Gasteiger partial charge in [0.05, 0.1) is 5.56 Å². The minimum atomic E-state index is 0.573. The number of nitriles is 1. The average molecular weight is 259 g/mol. The summed E-state index contributed by atoms with van der Waals surface area (Å²) in [5.41, 5.74) is 2.50. The highest BCUT2D eigenvalue weighted by molar-refractivity contribution is 9.10. The van der Waals surface area contributed by atoms with Crippen molar-refractivity contribution < 1.29 is 0 Å². The molecule has 2 aromatic rings. The number of aromatic nitrogens is 1. The molecular formula is C12H7BrN2. The summed E-state index contributed by atoms with van der Waals surface area (Å²) in [6, 6.07) is 13.8. The summed E-state index contributed by atoms with van der Waals surface area (Å²) >= 11 is 3.27. The van der Waals surface area contributed by atoms with Gasteiger partial charge < -0.3 is 0 Å². The lowest BCUT2D eigenvalue weighted by Crippen LogP contribution is -1.88. The predicted octanol–water partition coefficient (Wildman–Crippen LogP) is 3.38. The molecule has 2 rings (SSSR count). The van der Waals surface area contributed by atoms with Crippen LogP contribution in [0.15, 0.2) is 47.2 Å². The topological polar surface area (TPSA) is 36.7 Å². The normalized spacial score (nSPS) is 9.60. The van der Waals surface area contributed by atoms with E-state index in [1.807, 2.05) is 36.4 Å². The molecule has 1 aromatic heterocycles. The van der Waals surface area contributed by atoms with Gasteiger partial charge >= 0.3 is 0 Å². The Morgan fingerprint density at radius 2 is 1.87 bits per heavy atom. The van der Waals surface area contributed by atoms with Crippen LogP contribution < -0.4 is 0 Å². The minimum absolute atomic E-state index is 0.573. The third-order valence-electron chi connectivity index (χ3n) is 2.10. The van der Waals surface area contributed by atoms with Gasteiger partial charge in [0.1, 0.15) is 10.7 Å². The Bertz CT molecular complexity index is 515. The highest BCUT2D eigenvalue weighted by Gasteiger charge is 2.08. The summed E-state index contributed by atoms with van der Waals surface area (Å²) < 4.78 is 0.589. The summed E-state index contributed by atoms with van der Waals surface area (Å²) in [6.07, 6.45) is 1.69. The number of halogens is 1. The molecule has 0 N–H and O–H groups in total. The Balaban J connectivity index is 2.65. The van der Waals surface area contributed by atoms with E-state index in [2.05, 4.69) is 27.0 Å². The summed E-state index contributed by atoms with van der Waals surface area (Å²) in [4.78, 5) is 4.03. The van der Waals surface area contributed by atoms with Crippen LogP contribution in [0.1, 0.15) is 5.56 Å². The Labute approximate surface area is 96.3 Å². The van der Waals surface area contributed by atoms with Crippen molar-refractivity contribution in [2.24, 2.45) is 0 Å². The lowest BCUT2D eigenvalue weighted by atomic mass is 10.0. The molecule has 1 heterocycles. The van der Waals surface area contributed by atoms with Crippen LogP contribution in [0.2, 0.25) is 0 Å². The minimum Gasteiger partial charge on any atom is -0.248 e. The molecule has 15 heavy (non-hydrogen) atoms. The fourth-order valence-electron chi connectivity index (χ4n) is 1.40. The van der Waals surface area contributed by atoms with Crippen molar-refractivity contribution in [2.45, 2.75) is 0 Å². The average Bonchev–Trinajstić information content (AvgIpc) is 2.30. The molecule has 0 saturated heterocycles. The van der Waals surface area contributed by atoms with Gasteiger partial charge in [-0.3, -0.25) is 0 Å². The zero-order valence-corrected chi connectivity index (χ0v) is 9.40. The van der Waals surface area contributed by atoms with Crippen molar-refractivity contribution in [3.63, 3.8) is 0 Å². The number of rotatable bonds is 1. The SMILES string of the molecule is N#Cc1c(-c2ccccc2)ccnc1Br. The number of hydrogen-bond acceptors (Lipinski definition) is 2. The molecule has 1 aromatic carbocycles. The zero-order valence-electron chi connectivity index (χ0n) is 7.81. The van der Waals surface area contributed by atoms with Crippen molar-refractivity contribution in [1.82, 2.24) is 4.98 Å². The first kappa shape index (κ1) is 9.88. The second-order valence-electron chi connectivity index (χ2n) is 3.00. The lowest BCUT2D eigenvalue weighted by molar-refractivity contribution is 1.25. The lowest BCUT2D eigenvalue weighted by Gasteiger charge is -2.04. The second-order valence-corrected chi connectivity index (χ2v) is 3.75. The molecule has 72 valence electrons.